The summed E-state index contributed by atoms with van der Waals surface area (Å²) in [7, 11) is 1.41. The zero-order valence-corrected chi connectivity index (χ0v) is 9.77. The number of ether oxygens (including phenoxy) is 1. The molecule has 0 aromatic heterocycles. The standard InChI is InChI=1S/C13H18O3/c1-10(4-3-5-13(15)16-2)11-6-8-12(14)9-7-11/h6-10,14H,3-5H2,1-2H3/t10-/m1/s1. The number of hydrogen-bond donors (Lipinski definition) is 1. The third-order valence-corrected chi connectivity index (χ3v) is 2.71. The van der Waals surface area contributed by atoms with E-state index in [0.717, 1.165) is 12.8 Å². The molecule has 16 heavy (non-hydrogen) atoms. The number of phenolic OH excluding ortho intramolecular Hbond substituents is 1. The Morgan fingerprint density at radius 3 is 2.56 bits per heavy atom. The van der Waals surface area contributed by atoms with E-state index >= 15 is 0 Å². The van der Waals surface area contributed by atoms with Gasteiger partial charge in [0.05, 0.1) is 7.11 Å². The Balaban J connectivity index is 2.37. The summed E-state index contributed by atoms with van der Waals surface area (Å²) in [6.07, 6.45) is 2.24. The van der Waals surface area contributed by atoms with Crippen molar-refractivity contribution >= 4 is 5.97 Å². The highest BCUT2D eigenvalue weighted by Gasteiger charge is 2.07. The van der Waals surface area contributed by atoms with Gasteiger partial charge in [-0.25, -0.2) is 0 Å². The number of esters is 1. The lowest BCUT2D eigenvalue weighted by molar-refractivity contribution is -0.140. The highest BCUT2D eigenvalue weighted by atomic mass is 16.5. The van der Waals surface area contributed by atoms with Crippen LogP contribution in [-0.2, 0) is 9.53 Å². The van der Waals surface area contributed by atoms with Crippen LogP contribution in [0.25, 0.3) is 0 Å². The van der Waals surface area contributed by atoms with Gasteiger partial charge in [-0.05, 0) is 36.5 Å². The van der Waals surface area contributed by atoms with Crippen molar-refractivity contribution in [2.45, 2.75) is 32.1 Å². The van der Waals surface area contributed by atoms with Gasteiger partial charge >= 0.3 is 5.97 Å². The van der Waals surface area contributed by atoms with Gasteiger partial charge in [0.25, 0.3) is 0 Å². The maximum atomic E-state index is 10.9. The van der Waals surface area contributed by atoms with Crippen molar-refractivity contribution in [1.82, 2.24) is 0 Å². The van der Waals surface area contributed by atoms with Gasteiger partial charge in [-0.3, -0.25) is 4.79 Å². The molecule has 0 fully saturated rings. The highest BCUT2D eigenvalue weighted by molar-refractivity contribution is 5.68. The number of benzene rings is 1. The van der Waals surface area contributed by atoms with Crippen molar-refractivity contribution in [3.63, 3.8) is 0 Å². The van der Waals surface area contributed by atoms with E-state index in [1.54, 1.807) is 12.1 Å². The van der Waals surface area contributed by atoms with E-state index in [-0.39, 0.29) is 11.7 Å². The molecule has 3 nitrogen and oxygen atoms in total. The van der Waals surface area contributed by atoms with Gasteiger partial charge in [-0.1, -0.05) is 19.1 Å². The van der Waals surface area contributed by atoms with Crippen LogP contribution in [0.1, 0.15) is 37.7 Å². The van der Waals surface area contributed by atoms with Crippen molar-refractivity contribution in [3.8, 4) is 5.75 Å². The number of rotatable bonds is 5. The van der Waals surface area contributed by atoms with Gasteiger partial charge in [0.1, 0.15) is 5.75 Å². The monoisotopic (exact) mass is 222 g/mol. The zero-order valence-electron chi connectivity index (χ0n) is 9.77. The van der Waals surface area contributed by atoms with Crippen LogP contribution >= 0.6 is 0 Å². The molecule has 3 heteroatoms. The predicted octanol–water partition coefficient (Wildman–Crippen LogP) is 2.84. The number of phenols is 1. The fraction of sp³-hybridized carbons (Fsp3) is 0.462. The maximum Gasteiger partial charge on any atom is 0.305 e. The Kier molecular flexibility index (Phi) is 4.83. The maximum absolute atomic E-state index is 10.9. The second kappa shape index (κ2) is 6.16. The molecule has 1 aromatic carbocycles. The molecular weight excluding hydrogens is 204 g/mol. The van der Waals surface area contributed by atoms with E-state index in [0.29, 0.717) is 12.3 Å². The average molecular weight is 222 g/mol. The first kappa shape index (κ1) is 12.6. The predicted molar refractivity (Wildman–Crippen MR) is 62.4 cm³/mol. The molecule has 0 aliphatic rings. The molecule has 0 aliphatic heterocycles. The van der Waals surface area contributed by atoms with Crippen molar-refractivity contribution in [2.24, 2.45) is 0 Å². The van der Waals surface area contributed by atoms with E-state index in [4.69, 9.17) is 5.11 Å². The van der Waals surface area contributed by atoms with Gasteiger partial charge in [0.2, 0.25) is 0 Å². The van der Waals surface area contributed by atoms with Gasteiger partial charge in [0, 0.05) is 6.42 Å². The fourth-order valence-electron chi connectivity index (χ4n) is 1.62. The Bertz CT molecular complexity index is 330. The second-order valence-electron chi connectivity index (χ2n) is 3.96. The summed E-state index contributed by atoms with van der Waals surface area (Å²) in [5.74, 6) is 0.522. The largest absolute Gasteiger partial charge is 0.508 e. The van der Waals surface area contributed by atoms with Crippen LogP contribution in [0.3, 0.4) is 0 Å². The van der Waals surface area contributed by atoms with Gasteiger partial charge < -0.3 is 9.84 Å². The van der Waals surface area contributed by atoms with E-state index in [1.807, 2.05) is 12.1 Å². The number of carbonyl (C=O) groups is 1. The van der Waals surface area contributed by atoms with Crippen LogP contribution in [-0.4, -0.2) is 18.2 Å². The van der Waals surface area contributed by atoms with Crippen molar-refractivity contribution in [2.75, 3.05) is 7.11 Å². The molecular formula is C13H18O3. The summed E-state index contributed by atoms with van der Waals surface area (Å²) in [4.78, 5) is 10.9. The third kappa shape index (κ3) is 3.93. The molecule has 0 aliphatic carbocycles. The lowest BCUT2D eigenvalue weighted by Gasteiger charge is -2.11. The molecule has 1 rings (SSSR count). The molecule has 0 saturated heterocycles. The van der Waals surface area contributed by atoms with E-state index in [9.17, 15) is 4.79 Å². The van der Waals surface area contributed by atoms with Crippen molar-refractivity contribution in [1.29, 1.82) is 0 Å². The van der Waals surface area contributed by atoms with Gasteiger partial charge in [-0.2, -0.15) is 0 Å². The molecule has 0 spiro atoms. The average Bonchev–Trinajstić information content (AvgIpc) is 2.29. The third-order valence-electron chi connectivity index (χ3n) is 2.71. The topological polar surface area (TPSA) is 46.5 Å². The lowest BCUT2D eigenvalue weighted by Crippen LogP contribution is -2.01. The minimum atomic E-state index is -0.155. The normalized spacial score (nSPS) is 12.1. The summed E-state index contributed by atoms with van der Waals surface area (Å²) in [5.41, 5.74) is 1.18. The molecule has 1 atom stereocenters. The molecule has 1 N–H and O–H groups in total. The van der Waals surface area contributed by atoms with Crippen molar-refractivity contribution < 1.29 is 14.6 Å². The Morgan fingerprint density at radius 1 is 1.38 bits per heavy atom. The Labute approximate surface area is 96.1 Å². The minimum Gasteiger partial charge on any atom is -0.508 e. The molecule has 0 amide bonds. The van der Waals surface area contributed by atoms with Crippen LogP contribution in [0.2, 0.25) is 0 Å². The summed E-state index contributed by atoms with van der Waals surface area (Å²) in [5, 5.41) is 9.16. The Hall–Kier alpha value is -1.51. The minimum absolute atomic E-state index is 0.155. The summed E-state index contributed by atoms with van der Waals surface area (Å²) in [6.45, 7) is 2.11. The second-order valence-corrected chi connectivity index (χ2v) is 3.96. The Morgan fingerprint density at radius 2 is 2.00 bits per heavy atom. The smallest absolute Gasteiger partial charge is 0.305 e. The molecule has 0 bridgehead atoms. The highest BCUT2D eigenvalue weighted by Crippen LogP contribution is 2.23. The number of methoxy groups -OCH3 is 1. The molecule has 88 valence electrons. The molecule has 0 heterocycles. The summed E-state index contributed by atoms with van der Waals surface area (Å²) in [6, 6.07) is 7.20. The quantitative estimate of drug-likeness (QED) is 0.779. The van der Waals surface area contributed by atoms with Crippen LogP contribution in [0.4, 0.5) is 0 Å². The first-order valence-electron chi connectivity index (χ1n) is 5.49. The summed E-state index contributed by atoms with van der Waals surface area (Å²) < 4.78 is 4.58. The number of carbonyl (C=O) groups excluding carboxylic acids is 1. The molecule has 0 unspecified atom stereocenters. The van der Waals surface area contributed by atoms with Crippen LogP contribution < -0.4 is 0 Å². The van der Waals surface area contributed by atoms with Crippen molar-refractivity contribution in [3.05, 3.63) is 29.8 Å². The fourth-order valence-corrected chi connectivity index (χ4v) is 1.62. The van der Waals surface area contributed by atoms with E-state index < -0.39 is 0 Å². The first-order chi connectivity index (χ1) is 7.63. The van der Waals surface area contributed by atoms with Gasteiger partial charge in [-0.15, -0.1) is 0 Å². The van der Waals surface area contributed by atoms with Gasteiger partial charge in [0.15, 0.2) is 0 Å². The lowest BCUT2D eigenvalue weighted by atomic mass is 9.95. The first-order valence-corrected chi connectivity index (χ1v) is 5.49. The molecule has 0 radical (unpaired) electrons. The number of hydrogen-bond acceptors (Lipinski definition) is 3. The van der Waals surface area contributed by atoms with E-state index in [1.165, 1.54) is 12.7 Å². The van der Waals surface area contributed by atoms with E-state index in [2.05, 4.69) is 11.7 Å². The molecule has 1 aromatic rings. The zero-order chi connectivity index (χ0) is 12.0. The summed E-state index contributed by atoms with van der Waals surface area (Å²) >= 11 is 0. The van der Waals surface area contributed by atoms with Crippen LogP contribution in [0.5, 0.6) is 5.75 Å². The number of aromatic hydroxyl groups is 1. The van der Waals surface area contributed by atoms with Crippen LogP contribution in [0.15, 0.2) is 24.3 Å². The van der Waals surface area contributed by atoms with Crippen LogP contribution in [0, 0.1) is 0 Å². The SMILES string of the molecule is COC(=O)CCC[C@@H](C)c1ccc(O)cc1. The molecule has 0 saturated carbocycles.